The van der Waals surface area contributed by atoms with Gasteiger partial charge in [0, 0.05) is 27.6 Å². The second-order valence-electron chi connectivity index (χ2n) is 6.65. The highest BCUT2D eigenvalue weighted by Crippen LogP contribution is 2.51. The monoisotopic (exact) mass is 509 g/mol. The molecule has 0 aromatic heterocycles. The fourth-order valence-corrected chi connectivity index (χ4v) is 7.32. The Morgan fingerprint density at radius 2 is 1.69 bits per heavy atom. The van der Waals surface area contributed by atoms with E-state index in [1.807, 2.05) is 30.3 Å². The third-order valence-corrected chi connectivity index (χ3v) is 8.41. The molecule has 0 heterocycles. The summed E-state index contributed by atoms with van der Waals surface area (Å²) in [7, 11) is -3.65. The third-order valence-electron chi connectivity index (χ3n) is 4.50. The first-order valence-electron chi connectivity index (χ1n) is 9.84. The van der Waals surface area contributed by atoms with Gasteiger partial charge < -0.3 is 13.6 Å². The van der Waals surface area contributed by atoms with E-state index in [2.05, 4.69) is 5.92 Å². The molecule has 9 heteroatoms. The molecule has 1 atom stereocenters. The number of terminal acetylenes is 1. The first-order chi connectivity index (χ1) is 15.3. The average molecular weight is 510 g/mol. The summed E-state index contributed by atoms with van der Waals surface area (Å²) in [4.78, 5) is 0.331. The quantitative estimate of drug-likeness (QED) is 0.178. The van der Waals surface area contributed by atoms with Gasteiger partial charge in [0.2, 0.25) is 0 Å². The van der Waals surface area contributed by atoms with Crippen LogP contribution in [0, 0.1) is 12.3 Å². The Bertz CT molecular complexity index is 1170. The minimum atomic E-state index is -3.65. The van der Waals surface area contributed by atoms with Crippen molar-refractivity contribution in [2.75, 3.05) is 23.8 Å². The van der Waals surface area contributed by atoms with Crippen molar-refractivity contribution in [3.05, 3.63) is 70.2 Å². The van der Waals surface area contributed by atoms with Crippen molar-refractivity contribution in [2.45, 2.75) is 18.7 Å². The summed E-state index contributed by atoms with van der Waals surface area (Å²) in [6.45, 7) is 3.76. The summed E-state index contributed by atoms with van der Waals surface area (Å²) in [6, 6.07) is 15.8. The van der Waals surface area contributed by atoms with Crippen LogP contribution in [0.3, 0.4) is 0 Å². The van der Waals surface area contributed by atoms with Gasteiger partial charge in [0.1, 0.15) is 17.0 Å². The van der Waals surface area contributed by atoms with E-state index < -0.39 is 19.0 Å². The van der Waals surface area contributed by atoms with E-state index in [0.717, 1.165) is 10.8 Å². The molecule has 168 valence electrons. The van der Waals surface area contributed by atoms with Crippen LogP contribution in [0.1, 0.15) is 19.4 Å². The van der Waals surface area contributed by atoms with Crippen molar-refractivity contribution in [3.8, 4) is 12.3 Å². The number of hydrogen-bond donors (Lipinski definition) is 0. The van der Waals surface area contributed by atoms with Crippen molar-refractivity contribution >= 4 is 58.6 Å². The van der Waals surface area contributed by atoms with E-state index in [0.29, 0.717) is 26.2 Å². The van der Waals surface area contributed by atoms with Crippen LogP contribution in [-0.2, 0) is 25.0 Å². The molecule has 0 aliphatic heterocycles. The third kappa shape index (κ3) is 5.62. The summed E-state index contributed by atoms with van der Waals surface area (Å²) in [5, 5.41) is 2.29. The zero-order chi connectivity index (χ0) is 23.3. The van der Waals surface area contributed by atoms with Crippen LogP contribution < -0.4 is 4.31 Å². The fraction of sp³-hybridized carbons (Fsp3) is 0.217. The van der Waals surface area contributed by atoms with Gasteiger partial charge >= 0.3 is 7.60 Å². The molecule has 0 aliphatic rings. The molecule has 0 spiro atoms. The molecule has 0 bridgehead atoms. The van der Waals surface area contributed by atoms with Crippen molar-refractivity contribution in [1.82, 2.24) is 0 Å². The van der Waals surface area contributed by atoms with Gasteiger partial charge in [-0.3, -0.25) is 4.57 Å². The topological polar surface area (TPSA) is 61.8 Å². The van der Waals surface area contributed by atoms with E-state index in [9.17, 15) is 9.12 Å². The summed E-state index contributed by atoms with van der Waals surface area (Å²) < 4.78 is 39.8. The average Bonchev–Trinajstić information content (AvgIpc) is 2.76. The maximum atomic E-state index is 13.9. The number of anilines is 1. The molecule has 0 saturated carbocycles. The highest BCUT2D eigenvalue weighted by Gasteiger charge is 2.37. The normalized spacial score (nSPS) is 12.5. The molecule has 5 nitrogen and oxygen atoms in total. The van der Waals surface area contributed by atoms with Crippen LogP contribution in [0.4, 0.5) is 5.69 Å². The van der Waals surface area contributed by atoms with Crippen molar-refractivity contribution in [3.63, 3.8) is 0 Å². The number of hydrogen-bond acceptors (Lipinski definition) is 5. The van der Waals surface area contributed by atoms with E-state index >= 15 is 0 Å². The second kappa shape index (κ2) is 11.0. The number of fused-ring (bicyclic) bond motifs is 1. The Balaban J connectivity index is 2.25. The summed E-state index contributed by atoms with van der Waals surface area (Å²) in [5.41, 5.74) is 0.976. The molecule has 0 aliphatic carbocycles. The number of halogens is 2. The predicted octanol–water partition coefficient (Wildman–Crippen LogP) is 6.88. The van der Waals surface area contributed by atoms with Crippen LogP contribution >= 0.6 is 30.8 Å². The number of rotatable bonds is 9. The van der Waals surface area contributed by atoms with Crippen LogP contribution in [0.15, 0.2) is 59.5 Å². The van der Waals surface area contributed by atoms with Crippen LogP contribution in [-0.4, -0.2) is 24.1 Å². The highest BCUT2D eigenvalue weighted by atomic mass is 35.5. The molecule has 3 rings (SSSR count). The molecule has 3 aromatic carbocycles. The molecular weight excluding hydrogens is 488 g/mol. The SMILES string of the molecule is C#Cc1ccc2ccccc2c1N(CP(=O)(OCC)OCC)[S+]([O-])c1cc(Cl)cc(Cl)c1. The van der Waals surface area contributed by atoms with Crippen LogP contribution in [0.5, 0.6) is 0 Å². The fourth-order valence-electron chi connectivity index (χ4n) is 3.27. The first-order valence-corrected chi connectivity index (χ1v) is 13.4. The maximum absolute atomic E-state index is 13.9. The standard InChI is InChI=1S/C23H22Cl2NO4PS/c1-4-17-11-12-18-9-7-8-10-22(18)23(17)26(16-31(27,29-5-2)30-6-3)32(28)21-14-19(24)13-20(25)15-21/h1,7-15H,5-6,16H2,2-3H3. The smallest absolute Gasteiger partial charge is 0.354 e. The number of nitrogens with zero attached hydrogens (tertiary/aromatic N) is 1. The van der Waals surface area contributed by atoms with Crippen LogP contribution in [0.2, 0.25) is 10.0 Å². The van der Waals surface area contributed by atoms with Crippen LogP contribution in [0.25, 0.3) is 10.8 Å². The first kappa shape index (κ1) is 25.0. The lowest BCUT2D eigenvalue weighted by Gasteiger charge is -2.30. The van der Waals surface area contributed by atoms with Gasteiger partial charge in [-0.05, 0) is 31.4 Å². The molecule has 32 heavy (non-hydrogen) atoms. The lowest BCUT2D eigenvalue weighted by molar-refractivity contribution is 0.221. The molecule has 0 radical (unpaired) electrons. The van der Waals surface area contributed by atoms with Gasteiger partial charge in [-0.15, -0.1) is 6.42 Å². The zero-order valence-corrected chi connectivity index (χ0v) is 20.8. The Kier molecular flexibility index (Phi) is 8.55. The van der Waals surface area contributed by atoms with E-state index in [-0.39, 0.29) is 19.5 Å². The molecule has 1 unspecified atom stereocenters. The van der Waals surface area contributed by atoms with Crippen molar-refractivity contribution < 1.29 is 18.2 Å². The summed E-state index contributed by atoms with van der Waals surface area (Å²) in [6.07, 6.45) is 5.51. The Hall–Kier alpha value is -1.68. The van der Waals surface area contributed by atoms with Gasteiger partial charge in [-0.25, -0.2) is 0 Å². The largest absolute Gasteiger partial charge is 0.588 e. The van der Waals surface area contributed by atoms with Gasteiger partial charge in [0.05, 0.1) is 18.8 Å². The Morgan fingerprint density at radius 3 is 2.28 bits per heavy atom. The van der Waals surface area contributed by atoms with Gasteiger partial charge in [0.25, 0.3) is 0 Å². The van der Waals surface area contributed by atoms with E-state index in [1.54, 1.807) is 38.1 Å². The van der Waals surface area contributed by atoms with Gasteiger partial charge in [0.15, 0.2) is 11.2 Å². The maximum Gasteiger partial charge on any atom is 0.354 e. The second-order valence-corrected chi connectivity index (χ2v) is 11.0. The van der Waals surface area contributed by atoms with Gasteiger partial charge in [-0.2, -0.15) is 4.31 Å². The Morgan fingerprint density at radius 1 is 1.06 bits per heavy atom. The van der Waals surface area contributed by atoms with Gasteiger partial charge in [-0.1, -0.05) is 59.5 Å². The van der Waals surface area contributed by atoms with E-state index in [1.165, 1.54) is 4.31 Å². The van der Waals surface area contributed by atoms with E-state index in [4.69, 9.17) is 38.7 Å². The van der Waals surface area contributed by atoms with Crippen molar-refractivity contribution in [2.24, 2.45) is 0 Å². The highest BCUT2D eigenvalue weighted by molar-refractivity contribution is 7.93. The predicted molar refractivity (Wildman–Crippen MR) is 133 cm³/mol. The van der Waals surface area contributed by atoms with Crippen molar-refractivity contribution in [1.29, 1.82) is 0 Å². The zero-order valence-electron chi connectivity index (χ0n) is 17.6. The minimum absolute atomic E-state index is 0.165. The molecule has 0 amide bonds. The molecule has 0 N–H and O–H groups in total. The Labute approximate surface area is 201 Å². The summed E-state index contributed by atoms with van der Waals surface area (Å²) >= 11 is 10.4. The lowest BCUT2D eigenvalue weighted by atomic mass is 10.0. The molecule has 0 fully saturated rings. The molecule has 0 saturated heterocycles. The molecular formula is C23H22Cl2NO4PS. The lowest BCUT2D eigenvalue weighted by Crippen LogP contribution is -2.33. The number of benzene rings is 3. The summed E-state index contributed by atoms with van der Waals surface area (Å²) in [5.74, 6) is 2.65. The molecule has 3 aromatic rings. The minimum Gasteiger partial charge on any atom is -0.588 e.